The van der Waals surface area contributed by atoms with Gasteiger partial charge in [0.2, 0.25) is 0 Å². The summed E-state index contributed by atoms with van der Waals surface area (Å²) in [6.45, 7) is 3.30. The summed E-state index contributed by atoms with van der Waals surface area (Å²) < 4.78 is 0. The van der Waals surface area contributed by atoms with Gasteiger partial charge in [-0.25, -0.2) is 0 Å². The molecule has 0 amide bonds. The van der Waals surface area contributed by atoms with Gasteiger partial charge in [0.05, 0.1) is 0 Å². The molecule has 0 saturated heterocycles. The van der Waals surface area contributed by atoms with Gasteiger partial charge in [-0.15, -0.1) is 34.5 Å². The highest BCUT2D eigenvalue weighted by atomic mass is 32.1. The quantitative estimate of drug-likeness (QED) is 0.0249. The van der Waals surface area contributed by atoms with Crippen molar-refractivity contribution in [1.29, 1.82) is 0 Å². The van der Waals surface area contributed by atoms with Crippen molar-refractivity contribution in [2.75, 3.05) is 24.2 Å². The van der Waals surface area contributed by atoms with Gasteiger partial charge >= 0.3 is 0 Å². The average molecular weight is 870 g/mol. The molecule has 4 unspecified atom stereocenters. The zero-order valence-corrected chi connectivity index (χ0v) is 40.2. The highest BCUT2D eigenvalue weighted by molar-refractivity contribution is 7.84. The van der Waals surface area contributed by atoms with Crippen LogP contribution in [0.5, 0.6) is 0 Å². The molecule has 3 aliphatic rings. The van der Waals surface area contributed by atoms with E-state index in [0.29, 0.717) is 0 Å². The Kier molecular flexibility index (Phi) is 17.6. The summed E-state index contributed by atoms with van der Waals surface area (Å²) in [5.41, 5.74) is 19.2. The molecule has 0 bridgehead atoms. The summed E-state index contributed by atoms with van der Waals surface area (Å²) in [6, 6.07) is 21.7. The maximum atomic E-state index is 5.91. The molecule has 314 valence electrons. The SMILES string of the molecule is CC12CC=C(S)C=C1C(CCCCCP)(CCCCCCS)c1cc(/C=C/c3ccc4c(c3)C(CCCCCCN)(CCCCCCS)c3cc(S)ccc3-4)ccc12. The predicted octanol–water partition coefficient (Wildman–Crippen LogP) is 15.2. The van der Waals surface area contributed by atoms with Crippen LogP contribution in [0.3, 0.4) is 0 Å². The molecule has 3 aliphatic carbocycles. The first-order chi connectivity index (χ1) is 28.3. The molecule has 58 heavy (non-hydrogen) atoms. The number of hydrogen-bond acceptors (Lipinski definition) is 5. The van der Waals surface area contributed by atoms with Crippen molar-refractivity contribution in [3.05, 3.63) is 111 Å². The predicted molar refractivity (Wildman–Crippen MR) is 273 cm³/mol. The average Bonchev–Trinajstić information content (AvgIpc) is 3.60. The van der Waals surface area contributed by atoms with Crippen LogP contribution in [0.15, 0.2) is 82.1 Å². The zero-order valence-electron chi connectivity index (χ0n) is 35.4. The molecule has 6 rings (SSSR count). The van der Waals surface area contributed by atoms with Crippen molar-refractivity contribution in [1.82, 2.24) is 0 Å². The third kappa shape index (κ3) is 10.3. The summed E-state index contributed by atoms with van der Waals surface area (Å²) in [7, 11) is 2.94. The third-order valence-corrected chi connectivity index (χ3v) is 15.6. The Morgan fingerprint density at radius 2 is 1.10 bits per heavy atom. The number of allylic oxidation sites excluding steroid dienone is 3. The fourth-order valence-corrected chi connectivity index (χ4v) is 12.1. The minimum absolute atomic E-state index is 0.00673. The van der Waals surface area contributed by atoms with Crippen molar-refractivity contribution < 1.29 is 0 Å². The highest BCUT2D eigenvalue weighted by Gasteiger charge is 2.53. The Bertz CT molecular complexity index is 1900. The minimum Gasteiger partial charge on any atom is -0.330 e. The number of thiol groups is 4. The maximum absolute atomic E-state index is 5.91. The van der Waals surface area contributed by atoms with Crippen molar-refractivity contribution >= 4 is 71.9 Å². The van der Waals surface area contributed by atoms with E-state index < -0.39 is 0 Å². The summed E-state index contributed by atoms with van der Waals surface area (Å²) in [6.07, 6.45) is 35.2. The van der Waals surface area contributed by atoms with E-state index >= 15 is 0 Å². The van der Waals surface area contributed by atoms with Crippen LogP contribution in [0, 0.1) is 0 Å². The Morgan fingerprint density at radius 1 is 0.586 bits per heavy atom. The van der Waals surface area contributed by atoms with E-state index in [0.717, 1.165) is 40.7 Å². The number of benzene rings is 3. The first-order valence-corrected chi connectivity index (χ1v) is 25.8. The van der Waals surface area contributed by atoms with Gasteiger partial charge in [0.25, 0.3) is 0 Å². The third-order valence-electron chi connectivity index (χ3n) is 14.0. The smallest absolute Gasteiger partial charge is 0.0215 e. The van der Waals surface area contributed by atoms with Gasteiger partial charge < -0.3 is 5.73 Å². The number of hydrogen-bond donors (Lipinski definition) is 5. The molecular formula is C52H72NPS4. The Labute approximate surface area is 377 Å². The molecule has 0 aromatic heterocycles. The van der Waals surface area contributed by atoms with E-state index in [9.17, 15) is 0 Å². The molecule has 0 radical (unpaired) electrons. The van der Waals surface area contributed by atoms with E-state index in [4.69, 9.17) is 31.0 Å². The molecule has 0 spiro atoms. The Hall–Kier alpha value is -1.33. The van der Waals surface area contributed by atoms with E-state index in [1.54, 1.807) is 16.7 Å². The van der Waals surface area contributed by atoms with Crippen LogP contribution in [0.1, 0.15) is 169 Å². The molecule has 3 aromatic rings. The standard InChI is InChI=1S/C52H72NPS4/c1-50-30-25-42(58)38-49(50)52(29-12-8-14-32-54,28-11-4-7-16-34-56)48-36-40(20-24-45(48)50)18-17-39-19-22-43-44-23-21-41(57)37-47(44)51(46(43)35-39,26-9-2-5-13-31-53)27-10-3-6-15-33-55/h17-25,35-38,55-58H,2-16,26-34,53-54H2,1H3/b18-17+. The molecule has 0 aliphatic heterocycles. The summed E-state index contributed by atoms with van der Waals surface area (Å²) in [5.74, 6) is 1.96. The van der Waals surface area contributed by atoms with Crippen LogP contribution < -0.4 is 5.73 Å². The normalized spacial score (nSPS) is 21.8. The van der Waals surface area contributed by atoms with Crippen LogP contribution in [-0.2, 0) is 16.2 Å². The van der Waals surface area contributed by atoms with Gasteiger partial charge in [-0.2, -0.15) is 25.3 Å². The second kappa shape index (κ2) is 22.2. The number of fused-ring (bicyclic) bond motifs is 6. The lowest BCUT2D eigenvalue weighted by atomic mass is 9.65. The largest absolute Gasteiger partial charge is 0.330 e. The number of nitrogens with two attached hydrogens (primary N) is 1. The first-order valence-electron chi connectivity index (χ1n) is 22.8. The van der Waals surface area contributed by atoms with Crippen molar-refractivity contribution in [3.8, 4) is 11.1 Å². The molecule has 0 saturated carbocycles. The summed E-state index contributed by atoms with van der Waals surface area (Å²) >= 11 is 18.9. The van der Waals surface area contributed by atoms with Gasteiger partial charge in [0, 0.05) is 26.0 Å². The van der Waals surface area contributed by atoms with Gasteiger partial charge in [-0.1, -0.05) is 138 Å². The summed E-state index contributed by atoms with van der Waals surface area (Å²) in [5, 5.41) is 0. The van der Waals surface area contributed by atoms with E-state index in [1.807, 2.05) is 0 Å². The first kappa shape index (κ1) is 46.2. The van der Waals surface area contributed by atoms with E-state index in [2.05, 4.69) is 120 Å². The van der Waals surface area contributed by atoms with Gasteiger partial charge in [0.1, 0.15) is 0 Å². The fourth-order valence-electron chi connectivity index (χ4n) is 11.0. The van der Waals surface area contributed by atoms with Gasteiger partial charge in [-0.3, -0.25) is 0 Å². The lowest BCUT2D eigenvalue weighted by molar-refractivity contribution is 0.370. The molecular weight excluding hydrogens is 798 g/mol. The van der Waals surface area contributed by atoms with Crippen molar-refractivity contribution in [2.45, 2.75) is 156 Å². The number of rotatable bonds is 25. The van der Waals surface area contributed by atoms with Crippen LogP contribution in [0.4, 0.5) is 0 Å². The topological polar surface area (TPSA) is 26.0 Å². The molecule has 1 nitrogen and oxygen atoms in total. The van der Waals surface area contributed by atoms with Gasteiger partial charge in [-0.05, 0) is 150 Å². The molecule has 0 fully saturated rings. The Morgan fingerprint density at radius 3 is 1.71 bits per heavy atom. The summed E-state index contributed by atoms with van der Waals surface area (Å²) in [4.78, 5) is 2.20. The number of unbranched alkanes of at least 4 members (excludes halogenated alkanes) is 11. The van der Waals surface area contributed by atoms with Crippen LogP contribution in [-0.4, -0.2) is 24.2 Å². The van der Waals surface area contributed by atoms with E-state index in [1.165, 1.54) is 155 Å². The highest BCUT2D eigenvalue weighted by Crippen LogP contribution is 2.61. The molecule has 6 heteroatoms. The minimum atomic E-state index is 0.00673. The molecule has 4 atom stereocenters. The van der Waals surface area contributed by atoms with Crippen molar-refractivity contribution in [2.24, 2.45) is 5.73 Å². The fraction of sp³-hybridized carbons (Fsp3) is 0.538. The monoisotopic (exact) mass is 869 g/mol. The van der Waals surface area contributed by atoms with Crippen molar-refractivity contribution in [3.63, 3.8) is 0 Å². The van der Waals surface area contributed by atoms with E-state index in [-0.39, 0.29) is 16.2 Å². The van der Waals surface area contributed by atoms with Crippen LogP contribution in [0.2, 0.25) is 0 Å². The molecule has 0 heterocycles. The Balaban J connectivity index is 1.36. The van der Waals surface area contributed by atoms with Crippen LogP contribution >= 0.6 is 59.8 Å². The maximum Gasteiger partial charge on any atom is 0.0215 e. The van der Waals surface area contributed by atoms with Crippen LogP contribution in [0.25, 0.3) is 23.3 Å². The lowest BCUT2D eigenvalue weighted by Crippen LogP contribution is -2.32. The van der Waals surface area contributed by atoms with Gasteiger partial charge in [0.15, 0.2) is 0 Å². The molecule has 3 aromatic carbocycles. The second-order valence-electron chi connectivity index (χ2n) is 17.9. The zero-order chi connectivity index (χ0) is 41.0. The molecule has 2 N–H and O–H groups in total. The lowest BCUT2D eigenvalue weighted by Gasteiger charge is -2.39. The second-order valence-corrected chi connectivity index (χ2v) is 20.4.